The van der Waals surface area contributed by atoms with Crippen molar-refractivity contribution in [3.8, 4) is 0 Å². The van der Waals surface area contributed by atoms with Gasteiger partial charge in [-0.15, -0.1) is 11.3 Å². The Balaban J connectivity index is 2.14. The summed E-state index contributed by atoms with van der Waals surface area (Å²) in [6.45, 7) is 3.87. The van der Waals surface area contributed by atoms with Crippen LogP contribution < -0.4 is 4.90 Å². The fraction of sp³-hybridized carbons (Fsp3) is 0.286. The Morgan fingerprint density at radius 3 is 2.63 bits per heavy atom. The molecule has 0 unspecified atom stereocenters. The number of hydrogen-bond donors (Lipinski definition) is 0. The fourth-order valence-electron chi connectivity index (χ4n) is 1.63. The Morgan fingerprint density at radius 1 is 1.37 bits per heavy atom. The minimum Gasteiger partial charge on any atom is -0.291 e. The molecule has 0 atom stereocenters. The highest BCUT2D eigenvalue weighted by molar-refractivity contribution is 7.15. The van der Waals surface area contributed by atoms with E-state index < -0.39 is 0 Å². The van der Waals surface area contributed by atoms with Crippen LogP contribution in [-0.4, -0.2) is 17.9 Å². The molecule has 100 valence electrons. The highest BCUT2D eigenvalue weighted by Crippen LogP contribution is 2.24. The van der Waals surface area contributed by atoms with Crippen LogP contribution in [0.5, 0.6) is 0 Å². The number of thiazole rings is 1. The van der Waals surface area contributed by atoms with Gasteiger partial charge in [0, 0.05) is 11.9 Å². The van der Waals surface area contributed by atoms with E-state index in [0.717, 1.165) is 10.6 Å². The third-order valence-corrected chi connectivity index (χ3v) is 4.13. The van der Waals surface area contributed by atoms with Crippen molar-refractivity contribution >= 4 is 22.4 Å². The molecular formula is C14H15FN2OS. The quantitative estimate of drug-likeness (QED) is 0.864. The smallest absolute Gasteiger partial charge is 0.233 e. The molecule has 2 rings (SSSR count). The van der Waals surface area contributed by atoms with Gasteiger partial charge in [-0.05, 0) is 25.5 Å². The lowest BCUT2D eigenvalue weighted by Crippen LogP contribution is -2.28. The Labute approximate surface area is 115 Å². The van der Waals surface area contributed by atoms with E-state index in [2.05, 4.69) is 4.98 Å². The minimum absolute atomic E-state index is 0.0425. The molecule has 0 saturated heterocycles. The number of anilines is 1. The number of nitrogens with zero attached hydrogens (tertiary/aromatic N) is 2. The van der Waals surface area contributed by atoms with E-state index in [0.29, 0.717) is 10.7 Å². The normalized spacial score (nSPS) is 10.5. The lowest BCUT2D eigenvalue weighted by Gasteiger charge is -2.13. The van der Waals surface area contributed by atoms with Crippen LogP contribution in [0.2, 0.25) is 0 Å². The third-order valence-electron chi connectivity index (χ3n) is 2.98. The molecular weight excluding hydrogens is 263 g/mol. The molecule has 5 heteroatoms. The number of halogens is 1. The van der Waals surface area contributed by atoms with Gasteiger partial charge in [0.1, 0.15) is 5.82 Å². The highest BCUT2D eigenvalue weighted by Gasteiger charge is 2.17. The second-order valence-corrected chi connectivity index (χ2v) is 5.54. The van der Waals surface area contributed by atoms with Gasteiger partial charge in [0.05, 0.1) is 12.1 Å². The Bertz CT molecular complexity index is 590. The average molecular weight is 278 g/mol. The molecule has 0 aliphatic heterocycles. The van der Waals surface area contributed by atoms with Crippen molar-refractivity contribution in [3.05, 3.63) is 46.2 Å². The van der Waals surface area contributed by atoms with E-state index in [-0.39, 0.29) is 18.1 Å². The zero-order chi connectivity index (χ0) is 14.0. The molecule has 1 aromatic carbocycles. The van der Waals surface area contributed by atoms with Crippen LogP contribution in [0.25, 0.3) is 0 Å². The number of amides is 1. The molecule has 0 spiro atoms. The van der Waals surface area contributed by atoms with E-state index in [1.165, 1.54) is 22.3 Å². The molecule has 1 amide bonds. The molecule has 1 aromatic heterocycles. The number of rotatable bonds is 3. The highest BCUT2D eigenvalue weighted by atomic mass is 32.1. The minimum atomic E-state index is -0.351. The lowest BCUT2D eigenvalue weighted by atomic mass is 10.1. The van der Waals surface area contributed by atoms with E-state index in [1.807, 2.05) is 13.8 Å². The number of likely N-dealkylation sites (N-methyl/N-ethyl adjacent to an activating group) is 1. The van der Waals surface area contributed by atoms with Gasteiger partial charge in [-0.1, -0.05) is 18.2 Å². The third kappa shape index (κ3) is 2.98. The summed E-state index contributed by atoms with van der Waals surface area (Å²) in [5.74, 6) is -0.519. The average Bonchev–Trinajstić information content (AvgIpc) is 2.71. The van der Waals surface area contributed by atoms with Gasteiger partial charge >= 0.3 is 0 Å². The molecule has 19 heavy (non-hydrogen) atoms. The van der Waals surface area contributed by atoms with Gasteiger partial charge in [-0.2, -0.15) is 0 Å². The van der Waals surface area contributed by atoms with Gasteiger partial charge in [-0.3, -0.25) is 9.69 Å². The maximum Gasteiger partial charge on any atom is 0.233 e. The van der Waals surface area contributed by atoms with Crippen LogP contribution in [0, 0.1) is 19.7 Å². The van der Waals surface area contributed by atoms with Crippen LogP contribution in [0.3, 0.4) is 0 Å². The molecule has 0 fully saturated rings. The molecule has 0 aliphatic carbocycles. The number of benzene rings is 1. The summed E-state index contributed by atoms with van der Waals surface area (Å²) in [6, 6.07) is 6.32. The molecule has 1 heterocycles. The molecule has 3 nitrogen and oxygen atoms in total. The van der Waals surface area contributed by atoms with Crippen molar-refractivity contribution in [3.63, 3.8) is 0 Å². The van der Waals surface area contributed by atoms with Gasteiger partial charge in [0.15, 0.2) is 5.13 Å². The lowest BCUT2D eigenvalue weighted by molar-refractivity contribution is -0.117. The second kappa shape index (κ2) is 5.48. The Hall–Kier alpha value is -1.75. The monoisotopic (exact) mass is 278 g/mol. The van der Waals surface area contributed by atoms with Crippen LogP contribution in [-0.2, 0) is 11.2 Å². The van der Waals surface area contributed by atoms with Crippen LogP contribution >= 0.6 is 11.3 Å². The molecule has 0 saturated carbocycles. The summed E-state index contributed by atoms with van der Waals surface area (Å²) in [5, 5.41) is 0.649. The number of carbonyl (C=O) groups excluding carboxylic acids is 1. The summed E-state index contributed by atoms with van der Waals surface area (Å²) >= 11 is 1.47. The van der Waals surface area contributed by atoms with Crippen molar-refractivity contribution < 1.29 is 9.18 Å². The van der Waals surface area contributed by atoms with Gasteiger partial charge in [0.25, 0.3) is 0 Å². The Morgan fingerprint density at radius 2 is 2.05 bits per heavy atom. The summed E-state index contributed by atoms with van der Waals surface area (Å²) < 4.78 is 13.5. The fourth-order valence-corrected chi connectivity index (χ4v) is 2.52. The summed E-state index contributed by atoms with van der Waals surface area (Å²) in [5.41, 5.74) is 1.33. The van der Waals surface area contributed by atoms with Gasteiger partial charge in [0.2, 0.25) is 5.91 Å². The van der Waals surface area contributed by atoms with Crippen molar-refractivity contribution in [1.82, 2.24) is 4.98 Å². The van der Waals surface area contributed by atoms with Crippen molar-refractivity contribution in [1.29, 1.82) is 0 Å². The van der Waals surface area contributed by atoms with Crippen molar-refractivity contribution in [2.45, 2.75) is 20.3 Å². The summed E-state index contributed by atoms with van der Waals surface area (Å²) in [4.78, 5) is 19.0. The van der Waals surface area contributed by atoms with E-state index in [1.54, 1.807) is 25.2 Å². The first-order chi connectivity index (χ1) is 8.99. The van der Waals surface area contributed by atoms with Crippen LogP contribution in [0.4, 0.5) is 9.52 Å². The van der Waals surface area contributed by atoms with Gasteiger partial charge < -0.3 is 0 Å². The first-order valence-electron chi connectivity index (χ1n) is 5.93. The summed E-state index contributed by atoms with van der Waals surface area (Å²) in [7, 11) is 1.67. The van der Waals surface area contributed by atoms with Crippen molar-refractivity contribution in [2.24, 2.45) is 0 Å². The van der Waals surface area contributed by atoms with E-state index in [9.17, 15) is 9.18 Å². The number of aromatic nitrogens is 1. The predicted octanol–water partition coefficient (Wildman–Crippen LogP) is 3.10. The zero-order valence-corrected chi connectivity index (χ0v) is 11.9. The first-order valence-corrected chi connectivity index (χ1v) is 6.74. The number of hydrogen-bond acceptors (Lipinski definition) is 3. The Kier molecular flexibility index (Phi) is 3.95. The standard InChI is InChI=1S/C14H15FN2OS/c1-9-10(2)19-14(16-9)17(3)13(18)8-11-6-4-5-7-12(11)15/h4-7H,8H2,1-3H3. The van der Waals surface area contributed by atoms with Gasteiger partial charge in [-0.25, -0.2) is 9.37 Å². The second-order valence-electron chi connectivity index (χ2n) is 4.36. The number of carbonyl (C=O) groups is 1. The molecule has 2 aromatic rings. The van der Waals surface area contributed by atoms with Crippen molar-refractivity contribution in [2.75, 3.05) is 11.9 Å². The largest absolute Gasteiger partial charge is 0.291 e. The summed E-state index contributed by atoms with van der Waals surface area (Å²) in [6.07, 6.45) is 0.0425. The maximum atomic E-state index is 13.5. The molecule has 0 radical (unpaired) electrons. The van der Waals surface area contributed by atoms with E-state index in [4.69, 9.17) is 0 Å². The van der Waals surface area contributed by atoms with E-state index >= 15 is 0 Å². The molecule has 0 N–H and O–H groups in total. The first kappa shape index (κ1) is 13.7. The van der Waals surface area contributed by atoms with Crippen LogP contribution in [0.1, 0.15) is 16.1 Å². The SMILES string of the molecule is Cc1nc(N(C)C(=O)Cc2ccccc2F)sc1C. The topological polar surface area (TPSA) is 33.2 Å². The zero-order valence-electron chi connectivity index (χ0n) is 11.1. The molecule has 0 aliphatic rings. The van der Waals surface area contributed by atoms with Crippen LogP contribution in [0.15, 0.2) is 24.3 Å². The molecule has 0 bridgehead atoms. The maximum absolute atomic E-state index is 13.5. The number of aryl methyl sites for hydroxylation is 2. The predicted molar refractivity (Wildman–Crippen MR) is 75.1 cm³/mol.